The first kappa shape index (κ1) is 18.7. The molecule has 4 heterocycles. The lowest BCUT2D eigenvalue weighted by atomic mass is 9.94. The van der Waals surface area contributed by atoms with Crippen LogP contribution >= 0.6 is 0 Å². The van der Waals surface area contributed by atoms with E-state index in [1.807, 2.05) is 47.2 Å². The largest absolute Gasteiger partial charge is 0.357 e. The van der Waals surface area contributed by atoms with Crippen LogP contribution in [0.15, 0.2) is 48.8 Å². The van der Waals surface area contributed by atoms with E-state index in [0.29, 0.717) is 6.54 Å². The zero-order valence-corrected chi connectivity index (χ0v) is 17.4. The summed E-state index contributed by atoms with van der Waals surface area (Å²) in [5, 5.41) is 7.89. The molecule has 1 fully saturated rings. The molecule has 1 aromatic carbocycles. The van der Waals surface area contributed by atoms with E-state index in [1.165, 1.54) is 0 Å². The topological polar surface area (TPSA) is 66.3 Å². The van der Waals surface area contributed by atoms with Gasteiger partial charge in [0.25, 0.3) is 0 Å². The van der Waals surface area contributed by atoms with E-state index in [1.54, 1.807) is 0 Å². The first-order valence-electron chi connectivity index (χ1n) is 10.5. The summed E-state index contributed by atoms with van der Waals surface area (Å²) in [5.41, 5.74) is 4.08. The molecule has 1 N–H and O–H groups in total. The van der Waals surface area contributed by atoms with Crippen LogP contribution in [0.1, 0.15) is 24.0 Å². The second kappa shape index (κ2) is 7.48. The molecule has 0 atom stereocenters. The molecule has 2 aliphatic rings. The number of piperidine rings is 1. The van der Waals surface area contributed by atoms with Gasteiger partial charge in [0.2, 0.25) is 5.91 Å². The normalized spacial score (nSPS) is 16.5. The first-order chi connectivity index (χ1) is 14.6. The molecule has 2 aliphatic heterocycles. The third-order valence-corrected chi connectivity index (χ3v) is 6.12. The molecule has 0 unspecified atom stereocenters. The lowest BCUT2D eigenvalue weighted by molar-refractivity contribution is -0.123. The van der Waals surface area contributed by atoms with Gasteiger partial charge in [-0.15, -0.1) is 0 Å². The van der Waals surface area contributed by atoms with Crippen molar-refractivity contribution in [3.8, 4) is 0 Å². The molecule has 2 aromatic heterocycles. The molecule has 1 saturated heterocycles. The van der Waals surface area contributed by atoms with Gasteiger partial charge >= 0.3 is 0 Å². The number of rotatable bonds is 2. The van der Waals surface area contributed by atoms with Gasteiger partial charge in [-0.25, -0.2) is 4.98 Å². The SMILES string of the molecule is Cc1ccc2c(c1)Nc1c(cnn1C)CN2C(=O)C1CCN(c2ccccn2)CC1. The van der Waals surface area contributed by atoms with E-state index < -0.39 is 0 Å². The van der Waals surface area contributed by atoms with Gasteiger partial charge in [-0.05, 0) is 49.6 Å². The molecule has 0 bridgehead atoms. The molecule has 7 heteroatoms. The van der Waals surface area contributed by atoms with Gasteiger partial charge in [0.1, 0.15) is 11.6 Å². The van der Waals surface area contributed by atoms with Crippen molar-refractivity contribution in [1.29, 1.82) is 0 Å². The number of aromatic nitrogens is 3. The average molecular weight is 403 g/mol. The van der Waals surface area contributed by atoms with Gasteiger partial charge in [0, 0.05) is 37.8 Å². The number of carbonyl (C=O) groups excluding carboxylic acids is 1. The van der Waals surface area contributed by atoms with Crippen LogP contribution in [0.4, 0.5) is 23.0 Å². The van der Waals surface area contributed by atoms with Crippen molar-refractivity contribution in [3.63, 3.8) is 0 Å². The van der Waals surface area contributed by atoms with E-state index in [2.05, 4.69) is 45.4 Å². The van der Waals surface area contributed by atoms with Crippen molar-refractivity contribution in [2.24, 2.45) is 13.0 Å². The summed E-state index contributed by atoms with van der Waals surface area (Å²) in [6.45, 7) is 4.29. The average Bonchev–Trinajstić information content (AvgIpc) is 3.02. The lowest BCUT2D eigenvalue weighted by Crippen LogP contribution is -2.42. The predicted molar refractivity (Wildman–Crippen MR) is 118 cm³/mol. The van der Waals surface area contributed by atoms with E-state index in [4.69, 9.17) is 0 Å². The highest BCUT2D eigenvalue weighted by Crippen LogP contribution is 2.37. The molecule has 154 valence electrons. The van der Waals surface area contributed by atoms with Crippen LogP contribution in [0.3, 0.4) is 0 Å². The lowest BCUT2D eigenvalue weighted by Gasteiger charge is -2.34. The summed E-state index contributed by atoms with van der Waals surface area (Å²) in [7, 11) is 1.92. The molecule has 0 radical (unpaired) electrons. The van der Waals surface area contributed by atoms with E-state index >= 15 is 0 Å². The van der Waals surface area contributed by atoms with Gasteiger partial charge in [-0.1, -0.05) is 12.1 Å². The van der Waals surface area contributed by atoms with Crippen LogP contribution in [0.25, 0.3) is 0 Å². The fraction of sp³-hybridized carbons (Fsp3) is 0.348. The summed E-state index contributed by atoms with van der Waals surface area (Å²) in [4.78, 5) is 22.3. The number of fused-ring (bicyclic) bond motifs is 2. The number of pyridine rings is 1. The first-order valence-corrected chi connectivity index (χ1v) is 10.5. The molecule has 5 rings (SSSR count). The highest BCUT2D eigenvalue weighted by molar-refractivity contribution is 5.99. The number of hydrogen-bond acceptors (Lipinski definition) is 5. The molecule has 30 heavy (non-hydrogen) atoms. The minimum Gasteiger partial charge on any atom is -0.357 e. The molecule has 0 saturated carbocycles. The van der Waals surface area contributed by atoms with Crippen molar-refractivity contribution < 1.29 is 4.79 Å². The number of anilines is 4. The second-order valence-corrected chi connectivity index (χ2v) is 8.16. The molecule has 7 nitrogen and oxygen atoms in total. The van der Waals surface area contributed by atoms with E-state index in [0.717, 1.165) is 60.1 Å². The Labute approximate surface area is 176 Å². The monoisotopic (exact) mass is 402 g/mol. The Bertz CT molecular complexity index is 1070. The van der Waals surface area contributed by atoms with Crippen LogP contribution < -0.4 is 15.1 Å². The van der Waals surface area contributed by atoms with Gasteiger partial charge in [-0.2, -0.15) is 5.10 Å². The quantitative estimate of drug-likeness (QED) is 0.709. The number of carbonyl (C=O) groups is 1. The van der Waals surface area contributed by atoms with Crippen LogP contribution in [-0.4, -0.2) is 33.8 Å². The minimum absolute atomic E-state index is 0.0114. The second-order valence-electron chi connectivity index (χ2n) is 8.16. The Kier molecular flexibility index (Phi) is 4.65. The molecule has 0 aliphatic carbocycles. The zero-order chi connectivity index (χ0) is 20.7. The standard InChI is InChI=1S/C23H26N6O/c1-16-6-7-20-19(13-16)26-22-18(14-25-27(22)2)15-29(20)23(30)17-8-11-28(12-9-17)21-5-3-4-10-24-21/h3-7,10,13-14,17,26H,8-9,11-12,15H2,1-2H3. The highest BCUT2D eigenvalue weighted by Gasteiger charge is 2.33. The maximum Gasteiger partial charge on any atom is 0.230 e. The highest BCUT2D eigenvalue weighted by atomic mass is 16.2. The maximum atomic E-state index is 13.7. The summed E-state index contributed by atoms with van der Waals surface area (Å²) < 4.78 is 1.83. The fourth-order valence-corrected chi connectivity index (χ4v) is 4.44. The smallest absolute Gasteiger partial charge is 0.230 e. The predicted octanol–water partition coefficient (Wildman–Crippen LogP) is 3.63. The zero-order valence-electron chi connectivity index (χ0n) is 17.4. The summed E-state index contributed by atoms with van der Waals surface area (Å²) in [5.74, 6) is 2.14. The van der Waals surface area contributed by atoms with Crippen LogP contribution in [-0.2, 0) is 18.4 Å². The molecule has 1 amide bonds. The molecular weight excluding hydrogens is 376 g/mol. The fourth-order valence-electron chi connectivity index (χ4n) is 4.44. The van der Waals surface area contributed by atoms with Gasteiger partial charge in [0.05, 0.1) is 24.1 Å². The maximum absolute atomic E-state index is 13.7. The Morgan fingerprint density at radius 3 is 2.77 bits per heavy atom. The van der Waals surface area contributed by atoms with Gasteiger partial charge in [-0.3, -0.25) is 9.48 Å². The number of aryl methyl sites for hydroxylation is 2. The Hall–Kier alpha value is -3.35. The third kappa shape index (κ3) is 3.30. The van der Waals surface area contributed by atoms with Crippen LogP contribution in [0.5, 0.6) is 0 Å². The van der Waals surface area contributed by atoms with Crippen molar-refractivity contribution in [3.05, 3.63) is 59.9 Å². The summed E-state index contributed by atoms with van der Waals surface area (Å²) >= 11 is 0. The van der Waals surface area contributed by atoms with E-state index in [-0.39, 0.29) is 11.8 Å². The Morgan fingerprint density at radius 2 is 2.00 bits per heavy atom. The van der Waals surface area contributed by atoms with Gasteiger partial charge < -0.3 is 15.1 Å². The van der Waals surface area contributed by atoms with Gasteiger partial charge in [0.15, 0.2) is 0 Å². The number of nitrogens with zero attached hydrogens (tertiary/aromatic N) is 5. The Balaban J connectivity index is 1.40. The molecule has 0 spiro atoms. The number of amides is 1. The van der Waals surface area contributed by atoms with E-state index in [9.17, 15) is 4.79 Å². The van der Waals surface area contributed by atoms with Crippen LogP contribution in [0.2, 0.25) is 0 Å². The Morgan fingerprint density at radius 1 is 1.17 bits per heavy atom. The number of hydrogen-bond donors (Lipinski definition) is 1. The van der Waals surface area contributed by atoms with Crippen LogP contribution in [0, 0.1) is 12.8 Å². The van der Waals surface area contributed by atoms with Crippen molar-refractivity contribution in [1.82, 2.24) is 14.8 Å². The van der Waals surface area contributed by atoms with Crippen molar-refractivity contribution in [2.45, 2.75) is 26.3 Å². The minimum atomic E-state index is 0.0114. The molecule has 3 aromatic rings. The number of benzene rings is 1. The molecular formula is C23H26N6O. The third-order valence-electron chi connectivity index (χ3n) is 6.12. The number of nitrogens with one attached hydrogen (secondary N) is 1. The summed E-state index contributed by atoms with van der Waals surface area (Å²) in [6.07, 6.45) is 5.34. The van der Waals surface area contributed by atoms with Crippen molar-refractivity contribution >= 4 is 28.9 Å². The summed E-state index contributed by atoms with van der Waals surface area (Å²) in [6, 6.07) is 12.2. The van der Waals surface area contributed by atoms with Crippen molar-refractivity contribution in [2.75, 3.05) is 28.2 Å².